The van der Waals surface area contributed by atoms with Crippen molar-refractivity contribution in [1.29, 1.82) is 0 Å². The van der Waals surface area contributed by atoms with Crippen LogP contribution >= 0.6 is 11.6 Å². The Labute approximate surface area is 139 Å². The lowest BCUT2D eigenvalue weighted by Crippen LogP contribution is -2.26. The zero-order chi connectivity index (χ0) is 16.2. The van der Waals surface area contributed by atoms with Crippen molar-refractivity contribution in [3.05, 3.63) is 77.5 Å². The average molecular weight is 327 g/mol. The standard InChI is InChI=1S/C17H15ClN4O/c1-12(13-3-2-4-15(18)9-13)21-17(23)14-5-6-16(20-10-14)22-8-7-19-11-22/h2-12H,1H3,(H,21,23). The van der Waals surface area contributed by atoms with Gasteiger partial charge in [0.2, 0.25) is 0 Å². The molecule has 2 heterocycles. The first kappa shape index (κ1) is 15.2. The van der Waals surface area contributed by atoms with Crippen molar-refractivity contribution < 1.29 is 4.79 Å². The molecule has 1 atom stereocenters. The first-order valence-corrected chi connectivity index (χ1v) is 7.52. The molecule has 0 radical (unpaired) electrons. The lowest BCUT2D eigenvalue weighted by molar-refractivity contribution is 0.0939. The van der Waals surface area contributed by atoms with Crippen LogP contribution in [0.15, 0.2) is 61.3 Å². The van der Waals surface area contributed by atoms with Crippen LogP contribution in [0.1, 0.15) is 28.9 Å². The molecule has 1 amide bonds. The van der Waals surface area contributed by atoms with Gasteiger partial charge in [0.25, 0.3) is 5.91 Å². The maximum Gasteiger partial charge on any atom is 0.253 e. The second-order valence-electron chi connectivity index (χ2n) is 5.13. The maximum atomic E-state index is 12.3. The second-order valence-corrected chi connectivity index (χ2v) is 5.56. The van der Waals surface area contributed by atoms with Gasteiger partial charge in [0.05, 0.1) is 11.6 Å². The fourth-order valence-corrected chi connectivity index (χ4v) is 2.41. The van der Waals surface area contributed by atoms with Crippen molar-refractivity contribution in [1.82, 2.24) is 19.9 Å². The van der Waals surface area contributed by atoms with E-state index in [-0.39, 0.29) is 11.9 Å². The molecule has 3 rings (SSSR count). The molecule has 0 aliphatic carbocycles. The van der Waals surface area contributed by atoms with Gasteiger partial charge in [-0.05, 0) is 36.8 Å². The number of carbonyl (C=O) groups excluding carboxylic acids is 1. The molecule has 0 fully saturated rings. The van der Waals surface area contributed by atoms with E-state index < -0.39 is 0 Å². The van der Waals surface area contributed by atoms with E-state index in [0.717, 1.165) is 5.56 Å². The van der Waals surface area contributed by atoms with Crippen molar-refractivity contribution in [2.24, 2.45) is 0 Å². The molecule has 0 bridgehead atoms. The van der Waals surface area contributed by atoms with E-state index in [1.54, 1.807) is 47.7 Å². The summed E-state index contributed by atoms with van der Waals surface area (Å²) >= 11 is 5.98. The van der Waals surface area contributed by atoms with Gasteiger partial charge in [0.15, 0.2) is 0 Å². The van der Waals surface area contributed by atoms with Crippen molar-refractivity contribution in [2.75, 3.05) is 0 Å². The summed E-state index contributed by atoms with van der Waals surface area (Å²) in [6.07, 6.45) is 6.68. The van der Waals surface area contributed by atoms with E-state index in [2.05, 4.69) is 15.3 Å². The van der Waals surface area contributed by atoms with E-state index in [0.29, 0.717) is 16.4 Å². The molecule has 0 aliphatic rings. The largest absolute Gasteiger partial charge is 0.345 e. The Morgan fingerprint density at radius 2 is 2.17 bits per heavy atom. The first-order valence-electron chi connectivity index (χ1n) is 7.14. The van der Waals surface area contributed by atoms with E-state index >= 15 is 0 Å². The smallest absolute Gasteiger partial charge is 0.253 e. The first-order chi connectivity index (χ1) is 11.1. The van der Waals surface area contributed by atoms with Gasteiger partial charge in [-0.1, -0.05) is 23.7 Å². The lowest BCUT2D eigenvalue weighted by atomic mass is 10.1. The molecule has 0 aliphatic heterocycles. The Bertz CT molecular complexity index is 800. The molecule has 2 aromatic heterocycles. The third-order valence-electron chi connectivity index (χ3n) is 3.48. The number of rotatable bonds is 4. The van der Waals surface area contributed by atoms with Gasteiger partial charge in [-0.2, -0.15) is 0 Å². The molecule has 3 aromatic rings. The highest BCUT2D eigenvalue weighted by Gasteiger charge is 2.12. The molecule has 116 valence electrons. The molecule has 5 nitrogen and oxygen atoms in total. The van der Waals surface area contributed by atoms with Crippen LogP contribution in [0.2, 0.25) is 5.02 Å². The average Bonchev–Trinajstić information content (AvgIpc) is 3.09. The van der Waals surface area contributed by atoms with Gasteiger partial charge in [0.1, 0.15) is 12.1 Å². The molecule has 0 spiro atoms. The topological polar surface area (TPSA) is 59.8 Å². The van der Waals surface area contributed by atoms with Crippen LogP contribution in [0.3, 0.4) is 0 Å². The molecular weight excluding hydrogens is 312 g/mol. The minimum Gasteiger partial charge on any atom is -0.345 e. The summed E-state index contributed by atoms with van der Waals surface area (Å²) in [6.45, 7) is 1.91. The number of hydrogen-bond donors (Lipinski definition) is 1. The van der Waals surface area contributed by atoms with Crippen molar-refractivity contribution in [2.45, 2.75) is 13.0 Å². The Kier molecular flexibility index (Phi) is 4.39. The maximum absolute atomic E-state index is 12.3. The molecule has 1 unspecified atom stereocenters. The van der Waals surface area contributed by atoms with Crippen molar-refractivity contribution >= 4 is 17.5 Å². The minimum atomic E-state index is -0.179. The summed E-state index contributed by atoms with van der Waals surface area (Å²) in [4.78, 5) is 20.6. The zero-order valence-electron chi connectivity index (χ0n) is 12.5. The number of benzene rings is 1. The van der Waals surface area contributed by atoms with Crippen LogP contribution in [0, 0.1) is 0 Å². The Balaban J connectivity index is 1.71. The SMILES string of the molecule is CC(NC(=O)c1ccc(-n2ccnc2)nc1)c1cccc(Cl)c1. The highest BCUT2D eigenvalue weighted by atomic mass is 35.5. The van der Waals surface area contributed by atoms with Crippen LogP contribution in [0.25, 0.3) is 5.82 Å². The number of carbonyl (C=O) groups is 1. The quantitative estimate of drug-likeness (QED) is 0.799. The van der Waals surface area contributed by atoms with Crippen LogP contribution in [0.5, 0.6) is 0 Å². The number of hydrogen-bond acceptors (Lipinski definition) is 3. The third-order valence-corrected chi connectivity index (χ3v) is 3.71. The van der Waals surface area contributed by atoms with E-state index in [9.17, 15) is 4.79 Å². The second kappa shape index (κ2) is 6.62. The normalized spacial score (nSPS) is 11.9. The highest BCUT2D eigenvalue weighted by molar-refractivity contribution is 6.30. The molecular formula is C17H15ClN4O. The number of nitrogens with one attached hydrogen (secondary N) is 1. The summed E-state index contributed by atoms with van der Waals surface area (Å²) in [5.74, 6) is 0.532. The highest BCUT2D eigenvalue weighted by Crippen LogP contribution is 2.18. The van der Waals surface area contributed by atoms with Gasteiger partial charge < -0.3 is 5.32 Å². The molecule has 0 saturated heterocycles. The Morgan fingerprint density at radius 3 is 2.83 bits per heavy atom. The lowest BCUT2D eigenvalue weighted by Gasteiger charge is -2.14. The summed E-state index contributed by atoms with van der Waals surface area (Å²) in [7, 11) is 0. The number of pyridine rings is 1. The third kappa shape index (κ3) is 3.57. The zero-order valence-corrected chi connectivity index (χ0v) is 13.2. The molecule has 23 heavy (non-hydrogen) atoms. The molecule has 1 N–H and O–H groups in total. The van der Waals surface area contributed by atoms with Crippen LogP contribution in [-0.2, 0) is 0 Å². The van der Waals surface area contributed by atoms with Crippen LogP contribution in [0.4, 0.5) is 0 Å². The van der Waals surface area contributed by atoms with E-state index in [1.807, 2.05) is 25.1 Å². The number of nitrogens with zero attached hydrogens (tertiary/aromatic N) is 3. The van der Waals surface area contributed by atoms with Gasteiger partial charge in [-0.15, -0.1) is 0 Å². The van der Waals surface area contributed by atoms with Gasteiger partial charge in [0, 0.05) is 23.6 Å². The fourth-order valence-electron chi connectivity index (χ4n) is 2.21. The van der Waals surface area contributed by atoms with Crippen molar-refractivity contribution in [3.63, 3.8) is 0 Å². The predicted molar refractivity (Wildman–Crippen MR) is 88.7 cm³/mol. The number of aromatic nitrogens is 3. The van der Waals surface area contributed by atoms with Crippen LogP contribution < -0.4 is 5.32 Å². The monoisotopic (exact) mass is 326 g/mol. The number of imidazole rings is 1. The minimum absolute atomic E-state index is 0.144. The fraction of sp³-hybridized carbons (Fsp3) is 0.118. The number of amides is 1. The predicted octanol–water partition coefficient (Wildman–Crippen LogP) is 3.41. The summed E-state index contributed by atoms with van der Waals surface area (Å²) in [5.41, 5.74) is 1.46. The van der Waals surface area contributed by atoms with E-state index in [1.165, 1.54) is 0 Å². The van der Waals surface area contributed by atoms with Gasteiger partial charge in [-0.3, -0.25) is 9.36 Å². The number of halogens is 1. The summed E-state index contributed by atoms with van der Waals surface area (Å²) < 4.78 is 1.77. The summed E-state index contributed by atoms with van der Waals surface area (Å²) in [6, 6.07) is 10.8. The Hall–Kier alpha value is -2.66. The Morgan fingerprint density at radius 1 is 1.30 bits per heavy atom. The molecule has 6 heteroatoms. The summed E-state index contributed by atoms with van der Waals surface area (Å²) in [5, 5.41) is 3.59. The van der Waals surface area contributed by atoms with Gasteiger partial charge >= 0.3 is 0 Å². The van der Waals surface area contributed by atoms with Crippen LogP contribution in [-0.4, -0.2) is 20.4 Å². The van der Waals surface area contributed by atoms with Gasteiger partial charge in [-0.25, -0.2) is 9.97 Å². The molecule has 1 aromatic carbocycles. The van der Waals surface area contributed by atoms with E-state index in [4.69, 9.17) is 11.6 Å². The molecule has 0 saturated carbocycles. The van der Waals surface area contributed by atoms with Crippen molar-refractivity contribution in [3.8, 4) is 5.82 Å².